The third-order valence-corrected chi connectivity index (χ3v) is 11.7. The van der Waals surface area contributed by atoms with Crippen molar-refractivity contribution >= 4 is 44.6 Å². The van der Waals surface area contributed by atoms with Crippen molar-refractivity contribution in [1.82, 2.24) is 14.5 Å². The molecule has 46 heavy (non-hydrogen) atoms. The van der Waals surface area contributed by atoms with Gasteiger partial charge in [-0.15, -0.1) is 0 Å². The zero-order valence-corrected chi connectivity index (χ0v) is 28.0. The molecule has 2 atom stereocenters. The number of nitrogens with two attached hydrogens (primary N) is 1. The minimum atomic E-state index is -3.64. The van der Waals surface area contributed by atoms with Gasteiger partial charge in [-0.25, -0.2) is 8.42 Å². The molecule has 0 radical (unpaired) electrons. The van der Waals surface area contributed by atoms with Gasteiger partial charge in [-0.3, -0.25) is 14.6 Å². The average Bonchev–Trinajstić information content (AvgIpc) is 3.01. The van der Waals surface area contributed by atoms with Gasteiger partial charge in [0, 0.05) is 74.4 Å². The minimum Gasteiger partial charge on any atom is -0.382 e. The molecule has 0 bridgehead atoms. The van der Waals surface area contributed by atoms with Crippen molar-refractivity contribution in [3.05, 3.63) is 48.0 Å². The fourth-order valence-electron chi connectivity index (χ4n) is 7.18. The predicted octanol–water partition coefficient (Wildman–Crippen LogP) is 2.67. The van der Waals surface area contributed by atoms with Crippen LogP contribution in [0.5, 0.6) is 0 Å². The van der Waals surface area contributed by atoms with Crippen molar-refractivity contribution in [3.63, 3.8) is 0 Å². The topological polar surface area (TPSA) is 144 Å². The molecule has 0 spiro atoms. The highest BCUT2D eigenvalue weighted by Crippen LogP contribution is 2.38. The maximum atomic E-state index is 13.5. The Balaban J connectivity index is 1.15. The molecule has 2 unspecified atom stereocenters. The van der Waals surface area contributed by atoms with Gasteiger partial charge >= 0.3 is 0 Å². The predicted molar refractivity (Wildman–Crippen MR) is 181 cm³/mol. The standard InChI is InChI=1S/C33H46N8O4S/c1-22-19-28-30(21-33(2,3)36-32(28)43)41(37-22)25-7-10-27(31(34)42)29(20-25)35-23-11-13-40(14-12-23)46(44,45)26-8-5-24(6-9-26)39-17-15-38(4)16-18-39/h5-10,20,23,28,30,35H,11-19,21H2,1-4H3,(H2,34,42)(H,36,43). The number of piperidine rings is 2. The summed E-state index contributed by atoms with van der Waals surface area (Å²) in [5.41, 5.74) is 9.02. The van der Waals surface area contributed by atoms with E-state index in [0.29, 0.717) is 48.5 Å². The third-order valence-electron chi connectivity index (χ3n) is 9.78. The summed E-state index contributed by atoms with van der Waals surface area (Å²) in [5, 5.41) is 13.4. The number of sulfonamides is 1. The molecular formula is C33H46N8O4S. The number of likely N-dealkylation sites (N-methyl/N-ethyl adjacent to an activating group) is 1. The van der Waals surface area contributed by atoms with E-state index in [2.05, 4.69) is 27.5 Å². The Labute approximate surface area is 272 Å². The number of amides is 2. The zero-order valence-electron chi connectivity index (χ0n) is 27.2. The smallest absolute Gasteiger partial charge is 0.250 e. The summed E-state index contributed by atoms with van der Waals surface area (Å²) in [5.74, 6) is -0.740. The number of hydrogen-bond acceptors (Lipinski definition) is 9. The number of piperazine rings is 1. The number of carbonyl (C=O) groups excluding carboxylic acids is 2. The first kappa shape index (κ1) is 32.3. The lowest BCUT2D eigenvalue weighted by atomic mass is 9.78. The van der Waals surface area contributed by atoms with Gasteiger partial charge in [-0.1, -0.05) is 0 Å². The number of carbonyl (C=O) groups is 2. The van der Waals surface area contributed by atoms with Gasteiger partial charge < -0.3 is 26.2 Å². The van der Waals surface area contributed by atoms with E-state index in [-0.39, 0.29) is 29.4 Å². The van der Waals surface area contributed by atoms with Crippen LogP contribution in [-0.2, 0) is 14.8 Å². The second kappa shape index (κ2) is 12.5. The second-order valence-electron chi connectivity index (χ2n) is 13.8. The molecule has 13 heteroatoms. The Hall–Kier alpha value is -3.68. The van der Waals surface area contributed by atoms with Gasteiger partial charge in [-0.2, -0.15) is 9.41 Å². The van der Waals surface area contributed by atoms with E-state index in [1.807, 2.05) is 50.0 Å². The van der Waals surface area contributed by atoms with Gasteiger partial charge in [-0.05, 0) is 89.5 Å². The Morgan fingerprint density at radius 2 is 1.65 bits per heavy atom. The first-order valence-electron chi connectivity index (χ1n) is 16.2. The average molecular weight is 651 g/mol. The van der Waals surface area contributed by atoms with Gasteiger partial charge in [0.25, 0.3) is 5.91 Å². The monoisotopic (exact) mass is 650 g/mol. The molecule has 3 saturated heterocycles. The number of anilines is 3. The van der Waals surface area contributed by atoms with Crippen LogP contribution in [0, 0.1) is 5.92 Å². The molecule has 248 valence electrons. The molecule has 2 amide bonds. The van der Waals surface area contributed by atoms with E-state index >= 15 is 0 Å². The summed E-state index contributed by atoms with van der Waals surface area (Å²) in [4.78, 5) is 30.3. The molecule has 2 aromatic carbocycles. The van der Waals surface area contributed by atoms with Crippen molar-refractivity contribution in [2.75, 3.05) is 61.5 Å². The van der Waals surface area contributed by atoms with Crippen LogP contribution >= 0.6 is 0 Å². The van der Waals surface area contributed by atoms with Gasteiger partial charge in [0.05, 0.1) is 28.1 Å². The maximum Gasteiger partial charge on any atom is 0.250 e. The number of hydrogen-bond donors (Lipinski definition) is 3. The van der Waals surface area contributed by atoms with Crippen LogP contribution in [0.3, 0.4) is 0 Å². The Morgan fingerprint density at radius 1 is 1.00 bits per heavy atom. The fraction of sp³-hybridized carbons (Fsp3) is 0.545. The second-order valence-corrected chi connectivity index (χ2v) is 15.8. The first-order chi connectivity index (χ1) is 21.8. The molecule has 6 rings (SSSR count). The summed E-state index contributed by atoms with van der Waals surface area (Å²) in [6.07, 6.45) is 2.48. The molecule has 0 aliphatic carbocycles. The van der Waals surface area contributed by atoms with E-state index in [4.69, 9.17) is 10.8 Å². The summed E-state index contributed by atoms with van der Waals surface area (Å²) in [6.45, 7) is 10.5. The quantitative estimate of drug-likeness (QED) is 0.415. The molecule has 4 aliphatic rings. The van der Waals surface area contributed by atoms with Crippen molar-refractivity contribution in [2.24, 2.45) is 16.8 Å². The molecule has 0 saturated carbocycles. The summed E-state index contributed by atoms with van der Waals surface area (Å²) in [7, 11) is -1.53. The molecule has 4 heterocycles. The molecule has 3 fully saturated rings. The van der Waals surface area contributed by atoms with Crippen LogP contribution in [0.25, 0.3) is 0 Å². The van der Waals surface area contributed by atoms with Crippen molar-refractivity contribution < 1.29 is 18.0 Å². The number of nitrogens with one attached hydrogen (secondary N) is 2. The molecule has 2 aromatic rings. The number of benzene rings is 2. The van der Waals surface area contributed by atoms with Gasteiger partial charge in [0.15, 0.2) is 0 Å². The van der Waals surface area contributed by atoms with Crippen LogP contribution in [-0.4, -0.2) is 99.1 Å². The lowest BCUT2D eigenvalue weighted by Gasteiger charge is -2.47. The maximum absolute atomic E-state index is 13.5. The fourth-order valence-corrected chi connectivity index (χ4v) is 8.65. The molecule has 0 aromatic heterocycles. The number of primary amides is 1. The van der Waals surface area contributed by atoms with Crippen LogP contribution < -0.4 is 26.3 Å². The van der Waals surface area contributed by atoms with Crippen molar-refractivity contribution in [1.29, 1.82) is 0 Å². The highest BCUT2D eigenvalue weighted by molar-refractivity contribution is 7.89. The largest absolute Gasteiger partial charge is 0.382 e. The van der Waals surface area contributed by atoms with Crippen molar-refractivity contribution in [2.45, 2.75) is 69.0 Å². The highest BCUT2D eigenvalue weighted by Gasteiger charge is 2.45. The van der Waals surface area contributed by atoms with Crippen LogP contribution in [0.1, 0.15) is 56.8 Å². The van der Waals surface area contributed by atoms with Gasteiger partial charge in [0.1, 0.15) is 0 Å². The van der Waals surface area contributed by atoms with Crippen molar-refractivity contribution in [3.8, 4) is 0 Å². The normalized spacial score (nSPS) is 24.6. The number of fused-ring (bicyclic) bond motifs is 1. The molecular weight excluding hydrogens is 604 g/mol. The van der Waals surface area contributed by atoms with E-state index in [1.54, 1.807) is 22.5 Å². The van der Waals surface area contributed by atoms with E-state index in [9.17, 15) is 18.0 Å². The molecule has 12 nitrogen and oxygen atoms in total. The van der Waals surface area contributed by atoms with Gasteiger partial charge in [0.2, 0.25) is 15.9 Å². The van der Waals surface area contributed by atoms with Crippen LogP contribution in [0.4, 0.5) is 17.1 Å². The number of rotatable bonds is 7. The number of nitrogens with zero attached hydrogens (tertiary/aromatic N) is 5. The van der Waals surface area contributed by atoms with E-state index in [0.717, 1.165) is 49.7 Å². The Kier molecular flexibility index (Phi) is 8.77. The third kappa shape index (κ3) is 6.58. The Bertz CT molecular complexity index is 1610. The zero-order chi connectivity index (χ0) is 32.8. The van der Waals surface area contributed by atoms with E-state index < -0.39 is 15.9 Å². The summed E-state index contributed by atoms with van der Waals surface area (Å²) in [6, 6.07) is 12.5. The lowest BCUT2D eigenvalue weighted by molar-refractivity contribution is -0.130. The molecule has 4 N–H and O–H groups in total. The van der Waals surface area contributed by atoms with Crippen LogP contribution in [0.15, 0.2) is 52.5 Å². The highest BCUT2D eigenvalue weighted by atomic mass is 32.2. The minimum absolute atomic E-state index is 0.0280. The number of hydrazone groups is 1. The lowest BCUT2D eigenvalue weighted by Crippen LogP contribution is -2.61. The molecule has 4 aliphatic heterocycles. The SMILES string of the molecule is CC1=NN(c2ccc(C(N)=O)c(NC3CCN(S(=O)(=O)c4ccc(N5CCN(C)CC5)cc4)CC3)c2)C2CC(C)(C)NC(=O)C2C1. The summed E-state index contributed by atoms with van der Waals surface area (Å²) < 4.78 is 28.6. The summed E-state index contributed by atoms with van der Waals surface area (Å²) >= 11 is 0. The first-order valence-corrected chi connectivity index (χ1v) is 17.6. The Morgan fingerprint density at radius 3 is 2.30 bits per heavy atom. The van der Waals surface area contributed by atoms with E-state index in [1.165, 1.54) is 0 Å². The van der Waals surface area contributed by atoms with Crippen LogP contribution in [0.2, 0.25) is 0 Å².